The van der Waals surface area contributed by atoms with E-state index < -0.39 is 0 Å². The molecule has 0 aliphatic heterocycles. The number of methoxy groups -OCH3 is 1. The zero-order valence-corrected chi connectivity index (χ0v) is 18.6. The Labute approximate surface area is 192 Å². The number of nitrogens with one attached hydrogen (secondary N) is 2. The molecule has 0 saturated heterocycles. The molecule has 0 bridgehead atoms. The Kier molecular flexibility index (Phi) is 6.69. The van der Waals surface area contributed by atoms with Crippen LogP contribution in [-0.2, 0) is 4.79 Å². The maximum Gasteiger partial charge on any atom is 0.257 e. The predicted molar refractivity (Wildman–Crippen MR) is 128 cm³/mol. The summed E-state index contributed by atoms with van der Waals surface area (Å²) >= 11 is 2.81. The Morgan fingerprint density at radius 3 is 2.59 bits per heavy atom. The molecule has 7 nitrogen and oxygen atoms in total. The Bertz CT molecular complexity index is 1250. The van der Waals surface area contributed by atoms with E-state index in [1.54, 1.807) is 48.8 Å². The lowest BCUT2D eigenvalue weighted by Crippen LogP contribution is -2.13. The summed E-state index contributed by atoms with van der Waals surface area (Å²) in [5, 5.41) is 16.7. The molecule has 2 N–H and O–H groups in total. The summed E-state index contributed by atoms with van der Waals surface area (Å²) < 4.78 is 5.16. The highest BCUT2D eigenvalue weighted by Crippen LogP contribution is 2.28. The first-order chi connectivity index (χ1) is 15.6. The molecule has 0 spiro atoms. The van der Waals surface area contributed by atoms with Gasteiger partial charge in [0.2, 0.25) is 11.0 Å². The summed E-state index contributed by atoms with van der Waals surface area (Å²) in [5.74, 6) is 0.137. The Balaban J connectivity index is 1.39. The third-order valence-electron chi connectivity index (χ3n) is 4.32. The van der Waals surface area contributed by atoms with Crippen LogP contribution in [0.3, 0.4) is 0 Å². The van der Waals surface area contributed by atoms with Crippen molar-refractivity contribution in [3.05, 3.63) is 82.6 Å². The zero-order chi connectivity index (χ0) is 22.3. The highest BCUT2D eigenvalue weighted by atomic mass is 32.1. The summed E-state index contributed by atoms with van der Waals surface area (Å²) in [6.45, 7) is 0. The van der Waals surface area contributed by atoms with Crippen molar-refractivity contribution in [3.8, 4) is 16.3 Å². The van der Waals surface area contributed by atoms with Gasteiger partial charge in [-0.15, -0.1) is 21.5 Å². The van der Waals surface area contributed by atoms with E-state index in [0.29, 0.717) is 21.4 Å². The second-order valence-corrected chi connectivity index (χ2v) is 8.47. The van der Waals surface area contributed by atoms with Gasteiger partial charge in [-0.25, -0.2) is 0 Å². The quantitative estimate of drug-likeness (QED) is 0.369. The van der Waals surface area contributed by atoms with E-state index in [0.717, 1.165) is 16.2 Å². The van der Waals surface area contributed by atoms with Crippen molar-refractivity contribution >= 4 is 51.4 Å². The van der Waals surface area contributed by atoms with Gasteiger partial charge in [0.05, 0.1) is 7.11 Å². The van der Waals surface area contributed by atoms with Crippen molar-refractivity contribution in [1.82, 2.24) is 10.2 Å². The van der Waals surface area contributed by atoms with Crippen LogP contribution in [0.4, 0.5) is 10.8 Å². The molecule has 0 radical (unpaired) electrons. The summed E-state index contributed by atoms with van der Waals surface area (Å²) in [5.41, 5.74) is 1.80. The minimum Gasteiger partial charge on any atom is -0.497 e. The molecule has 0 saturated carbocycles. The molecule has 2 aromatic heterocycles. The number of hydrogen-bond donors (Lipinski definition) is 2. The minimum atomic E-state index is -0.340. The number of hydrogen-bond acceptors (Lipinski definition) is 7. The van der Waals surface area contributed by atoms with E-state index in [-0.39, 0.29) is 11.8 Å². The molecule has 160 valence electrons. The van der Waals surface area contributed by atoms with Crippen LogP contribution in [0.5, 0.6) is 5.75 Å². The smallest absolute Gasteiger partial charge is 0.257 e. The van der Waals surface area contributed by atoms with Crippen molar-refractivity contribution in [2.24, 2.45) is 0 Å². The van der Waals surface area contributed by atoms with Gasteiger partial charge < -0.3 is 10.1 Å². The van der Waals surface area contributed by atoms with E-state index in [1.807, 2.05) is 41.8 Å². The van der Waals surface area contributed by atoms with Gasteiger partial charge in [-0.3, -0.25) is 14.9 Å². The fraction of sp³-hybridized carbons (Fsp3) is 0.0435. The maximum absolute atomic E-state index is 12.6. The van der Waals surface area contributed by atoms with Crippen molar-refractivity contribution in [1.29, 1.82) is 0 Å². The first kappa shape index (κ1) is 21.4. The third-order valence-corrected chi connectivity index (χ3v) is 6.04. The molecule has 0 aliphatic rings. The van der Waals surface area contributed by atoms with E-state index in [9.17, 15) is 9.59 Å². The van der Waals surface area contributed by atoms with Crippen LogP contribution in [0.1, 0.15) is 15.2 Å². The van der Waals surface area contributed by atoms with Gasteiger partial charge >= 0.3 is 0 Å². The molecule has 0 atom stereocenters. The molecule has 2 aromatic carbocycles. The number of carbonyl (C=O) groups is 2. The topological polar surface area (TPSA) is 93.2 Å². The summed E-state index contributed by atoms with van der Waals surface area (Å²) in [6, 6.07) is 18.0. The lowest BCUT2D eigenvalue weighted by Gasteiger charge is -2.05. The number of amides is 2. The van der Waals surface area contributed by atoms with E-state index >= 15 is 0 Å². The van der Waals surface area contributed by atoms with Crippen LogP contribution >= 0.6 is 22.7 Å². The van der Waals surface area contributed by atoms with Crippen molar-refractivity contribution < 1.29 is 14.3 Å². The Hall–Kier alpha value is -3.82. The molecule has 9 heteroatoms. The number of anilines is 2. The monoisotopic (exact) mass is 462 g/mol. The Morgan fingerprint density at radius 2 is 1.84 bits per heavy atom. The first-order valence-corrected chi connectivity index (χ1v) is 11.2. The fourth-order valence-corrected chi connectivity index (χ4v) is 4.12. The van der Waals surface area contributed by atoms with Crippen molar-refractivity contribution in [2.45, 2.75) is 0 Å². The van der Waals surface area contributed by atoms with Crippen molar-refractivity contribution in [3.63, 3.8) is 0 Å². The average molecular weight is 463 g/mol. The molecule has 32 heavy (non-hydrogen) atoms. The summed E-state index contributed by atoms with van der Waals surface area (Å²) in [7, 11) is 1.61. The number of benzene rings is 2. The highest BCUT2D eigenvalue weighted by Gasteiger charge is 2.12. The van der Waals surface area contributed by atoms with Gasteiger partial charge in [0.15, 0.2) is 0 Å². The fourth-order valence-electron chi connectivity index (χ4n) is 2.76. The van der Waals surface area contributed by atoms with Gasteiger partial charge in [0, 0.05) is 27.8 Å². The lowest BCUT2D eigenvalue weighted by atomic mass is 10.2. The number of aromatic nitrogens is 2. The normalized spacial score (nSPS) is 10.8. The molecule has 0 aliphatic carbocycles. The molecule has 0 unspecified atom stereocenters. The number of carbonyl (C=O) groups excluding carboxylic acids is 2. The number of thiophene rings is 1. The number of nitrogens with zero attached hydrogens (tertiary/aromatic N) is 2. The summed E-state index contributed by atoms with van der Waals surface area (Å²) in [6.07, 6.45) is 3.20. The van der Waals surface area contributed by atoms with E-state index in [1.165, 1.54) is 17.4 Å². The molecule has 4 rings (SSSR count). The number of rotatable bonds is 7. The first-order valence-electron chi connectivity index (χ1n) is 9.52. The average Bonchev–Trinajstić information content (AvgIpc) is 3.50. The van der Waals surface area contributed by atoms with Crippen LogP contribution < -0.4 is 15.4 Å². The second kappa shape index (κ2) is 9.99. The minimum absolute atomic E-state index is 0.274. The van der Waals surface area contributed by atoms with Crippen LogP contribution in [0, 0.1) is 0 Å². The van der Waals surface area contributed by atoms with Crippen LogP contribution in [0.15, 0.2) is 72.1 Å². The van der Waals surface area contributed by atoms with Crippen LogP contribution in [-0.4, -0.2) is 29.1 Å². The second-order valence-electron chi connectivity index (χ2n) is 6.51. The highest BCUT2D eigenvalue weighted by molar-refractivity contribution is 7.18. The van der Waals surface area contributed by atoms with Gasteiger partial charge in [-0.2, -0.15) is 0 Å². The van der Waals surface area contributed by atoms with E-state index in [2.05, 4.69) is 20.8 Å². The molecule has 2 heterocycles. The molecular weight excluding hydrogens is 444 g/mol. The largest absolute Gasteiger partial charge is 0.497 e. The Morgan fingerprint density at radius 1 is 1.00 bits per heavy atom. The molecule has 2 amide bonds. The third kappa shape index (κ3) is 5.45. The van der Waals surface area contributed by atoms with E-state index in [4.69, 9.17) is 4.74 Å². The van der Waals surface area contributed by atoms with Gasteiger partial charge in [0.25, 0.3) is 5.91 Å². The van der Waals surface area contributed by atoms with Gasteiger partial charge in [-0.05, 0) is 60.0 Å². The number of ether oxygens (including phenoxy) is 1. The molecule has 4 aromatic rings. The summed E-state index contributed by atoms with van der Waals surface area (Å²) in [4.78, 5) is 25.8. The maximum atomic E-state index is 12.6. The lowest BCUT2D eigenvalue weighted by molar-refractivity contribution is -0.111. The molecular formula is C23H18N4O3S2. The SMILES string of the molecule is COc1ccc(-c2nnc(NC(=O)c3cccc(NC(=O)/C=C/c4cccs4)c3)s2)cc1. The molecule has 0 fully saturated rings. The van der Waals surface area contributed by atoms with Gasteiger partial charge in [0.1, 0.15) is 10.8 Å². The predicted octanol–water partition coefficient (Wildman–Crippen LogP) is 5.18. The van der Waals surface area contributed by atoms with Crippen LogP contribution in [0.25, 0.3) is 16.6 Å². The standard InChI is InChI=1S/C23H18N4O3S2/c1-30-18-9-7-15(8-10-18)22-26-27-23(32-22)25-21(29)16-4-2-5-17(14-16)24-20(28)12-11-19-6-3-13-31-19/h2-14H,1H3,(H,24,28)(H,25,27,29)/b12-11+. The van der Waals surface area contributed by atoms with Crippen molar-refractivity contribution in [2.75, 3.05) is 17.7 Å². The zero-order valence-electron chi connectivity index (χ0n) is 16.9. The van der Waals surface area contributed by atoms with Crippen LogP contribution in [0.2, 0.25) is 0 Å². The van der Waals surface area contributed by atoms with Gasteiger partial charge in [-0.1, -0.05) is 23.5 Å².